The molecule has 0 aliphatic carbocycles. The number of anilines is 1. The summed E-state index contributed by atoms with van der Waals surface area (Å²) in [4.78, 5) is 2.56. The van der Waals surface area contributed by atoms with Gasteiger partial charge in [0, 0.05) is 31.9 Å². The van der Waals surface area contributed by atoms with E-state index in [9.17, 15) is 8.42 Å². The second-order valence-corrected chi connectivity index (χ2v) is 10.5. The SMILES string of the molecule is O=S(=O)(c1ccc(NC(=S)N2CCC(Cc3ccccc3)CC2)cc1)N1CCCC1. The van der Waals surface area contributed by atoms with E-state index in [4.69, 9.17) is 12.2 Å². The first-order valence-electron chi connectivity index (χ1n) is 10.7. The molecule has 30 heavy (non-hydrogen) atoms. The van der Waals surface area contributed by atoms with Gasteiger partial charge in [-0.15, -0.1) is 0 Å². The minimum Gasteiger partial charge on any atom is -0.349 e. The quantitative estimate of drug-likeness (QED) is 0.705. The van der Waals surface area contributed by atoms with E-state index in [1.54, 1.807) is 28.6 Å². The van der Waals surface area contributed by atoms with E-state index in [1.807, 2.05) is 0 Å². The van der Waals surface area contributed by atoms with Crippen LogP contribution in [0.4, 0.5) is 5.69 Å². The van der Waals surface area contributed by atoms with Crippen LogP contribution in [0, 0.1) is 5.92 Å². The van der Waals surface area contributed by atoms with E-state index in [0.29, 0.717) is 29.0 Å². The van der Waals surface area contributed by atoms with Gasteiger partial charge in [0.25, 0.3) is 0 Å². The van der Waals surface area contributed by atoms with Crippen molar-refractivity contribution >= 4 is 33.0 Å². The first-order valence-corrected chi connectivity index (χ1v) is 12.6. The molecule has 0 spiro atoms. The molecule has 2 heterocycles. The van der Waals surface area contributed by atoms with Gasteiger partial charge in [-0.3, -0.25) is 0 Å². The third kappa shape index (κ3) is 5.02. The highest BCUT2D eigenvalue weighted by Crippen LogP contribution is 2.24. The zero-order valence-electron chi connectivity index (χ0n) is 17.2. The molecule has 0 radical (unpaired) electrons. The second kappa shape index (κ2) is 9.45. The predicted molar refractivity (Wildman–Crippen MR) is 125 cm³/mol. The molecule has 2 aliphatic rings. The Labute approximate surface area is 185 Å². The number of rotatable bonds is 5. The minimum absolute atomic E-state index is 0.350. The van der Waals surface area contributed by atoms with Crippen molar-refractivity contribution in [2.75, 3.05) is 31.5 Å². The third-order valence-corrected chi connectivity index (χ3v) is 8.35. The Bertz CT molecular complexity index is 948. The van der Waals surface area contributed by atoms with Crippen molar-refractivity contribution in [2.45, 2.75) is 37.0 Å². The lowest BCUT2D eigenvalue weighted by atomic mass is 9.90. The van der Waals surface area contributed by atoms with Crippen LogP contribution in [-0.2, 0) is 16.4 Å². The summed E-state index contributed by atoms with van der Waals surface area (Å²) in [5, 5.41) is 3.98. The van der Waals surface area contributed by atoms with Crippen molar-refractivity contribution in [3.8, 4) is 0 Å². The van der Waals surface area contributed by atoms with Crippen molar-refractivity contribution in [2.24, 2.45) is 5.92 Å². The van der Waals surface area contributed by atoms with Crippen LogP contribution in [-0.4, -0.2) is 48.9 Å². The maximum absolute atomic E-state index is 12.6. The number of sulfonamides is 1. The van der Waals surface area contributed by atoms with Crippen molar-refractivity contribution in [1.82, 2.24) is 9.21 Å². The van der Waals surface area contributed by atoms with Gasteiger partial charge < -0.3 is 10.2 Å². The fourth-order valence-electron chi connectivity index (χ4n) is 4.28. The smallest absolute Gasteiger partial charge is 0.243 e. The van der Waals surface area contributed by atoms with Crippen LogP contribution in [0.25, 0.3) is 0 Å². The van der Waals surface area contributed by atoms with Crippen LogP contribution in [0.3, 0.4) is 0 Å². The Morgan fingerprint density at radius 2 is 1.57 bits per heavy atom. The normalized spacial score (nSPS) is 18.5. The number of hydrogen-bond donors (Lipinski definition) is 1. The van der Waals surface area contributed by atoms with Gasteiger partial charge in [0.05, 0.1) is 4.90 Å². The lowest BCUT2D eigenvalue weighted by Crippen LogP contribution is -2.41. The van der Waals surface area contributed by atoms with Crippen molar-refractivity contribution in [3.63, 3.8) is 0 Å². The Hall–Kier alpha value is -1.96. The van der Waals surface area contributed by atoms with E-state index in [-0.39, 0.29) is 0 Å². The molecule has 4 rings (SSSR count). The lowest BCUT2D eigenvalue weighted by Gasteiger charge is -2.34. The Morgan fingerprint density at radius 1 is 0.933 bits per heavy atom. The topological polar surface area (TPSA) is 52.7 Å². The summed E-state index contributed by atoms with van der Waals surface area (Å²) in [5.41, 5.74) is 2.23. The molecule has 2 aromatic carbocycles. The molecule has 160 valence electrons. The molecule has 1 N–H and O–H groups in total. The molecule has 0 unspecified atom stereocenters. The largest absolute Gasteiger partial charge is 0.349 e. The Kier molecular flexibility index (Phi) is 6.71. The summed E-state index contributed by atoms with van der Waals surface area (Å²) in [6.07, 6.45) is 5.26. The number of nitrogens with zero attached hydrogens (tertiary/aromatic N) is 2. The number of hydrogen-bond acceptors (Lipinski definition) is 3. The van der Waals surface area contributed by atoms with E-state index in [1.165, 1.54) is 5.56 Å². The number of piperidine rings is 1. The Morgan fingerprint density at radius 3 is 2.20 bits per heavy atom. The van der Waals surface area contributed by atoms with Crippen LogP contribution in [0.15, 0.2) is 59.5 Å². The number of nitrogens with one attached hydrogen (secondary N) is 1. The maximum atomic E-state index is 12.6. The summed E-state index contributed by atoms with van der Waals surface area (Å²) in [5.74, 6) is 0.696. The third-order valence-electron chi connectivity index (χ3n) is 6.08. The highest BCUT2D eigenvalue weighted by molar-refractivity contribution is 7.89. The monoisotopic (exact) mass is 443 g/mol. The number of likely N-dealkylation sites (tertiary alicyclic amines) is 1. The predicted octanol–water partition coefficient (Wildman–Crippen LogP) is 4.12. The molecular weight excluding hydrogens is 414 g/mol. The van der Waals surface area contributed by atoms with Gasteiger partial charge in [-0.2, -0.15) is 4.31 Å². The fraction of sp³-hybridized carbons (Fsp3) is 0.435. The molecule has 2 aromatic rings. The van der Waals surface area contributed by atoms with Gasteiger partial charge in [-0.25, -0.2) is 8.42 Å². The molecule has 5 nitrogen and oxygen atoms in total. The van der Waals surface area contributed by atoms with Crippen LogP contribution in [0.1, 0.15) is 31.2 Å². The van der Waals surface area contributed by atoms with Gasteiger partial charge in [-0.05, 0) is 80.1 Å². The molecule has 2 fully saturated rings. The highest BCUT2D eigenvalue weighted by Gasteiger charge is 2.27. The standard InChI is InChI=1S/C23H29N3O2S2/c27-30(28,26-14-4-5-15-26)22-10-8-21(9-11-22)24-23(29)25-16-12-20(13-17-25)18-19-6-2-1-3-7-19/h1-3,6-11,20H,4-5,12-18H2,(H,24,29). The van der Waals surface area contributed by atoms with E-state index < -0.39 is 10.0 Å². The van der Waals surface area contributed by atoms with Crippen molar-refractivity contribution in [1.29, 1.82) is 0 Å². The van der Waals surface area contributed by atoms with Crippen molar-refractivity contribution in [3.05, 3.63) is 60.2 Å². The summed E-state index contributed by atoms with van der Waals surface area (Å²) in [7, 11) is -3.37. The van der Waals surface area contributed by atoms with E-state index >= 15 is 0 Å². The number of thiocarbonyl (C=S) groups is 1. The van der Waals surface area contributed by atoms with Gasteiger partial charge >= 0.3 is 0 Å². The summed E-state index contributed by atoms with van der Waals surface area (Å²) < 4.78 is 26.9. The molecule has 2 aliphatic heterocycles. The highest BCUT2D eigenvalue weighted by atomic mass is 32.2. The molecule has 0 bridgehead atoms. The first-order chi connectivity index (χ1) is 14.5. The zero-order chi connectivity index (χ0) is 21.0. The van der Waals surface area contributed by atoms with Crippen molar-refractivity contribution < 1.29 is 8.42 Å². The van der Waals surface area contributed by atoms with Gasteiger partial charge in [0.15, 0.2) is 5.11 Å². The summed E-state index contributed by atoms with van der Waals surface area (Å²) >= 11 is 5.61. The molecule has 2 saturated heterocycles. The average molecular weight is 444 g/mol. The lowest BCUT2D eigenvalue weighted by molar-refractivity contribution is 0.268. The molecule has 0 aromatic heterocycles. The van der Waals surface area contributed by atoms with Crippen LogP contribution < -0.4 is 5.32 Å². The molecule has 0 saturated carbocycles. The van der Waals surface area contributed by atoms with E-state index in [0.717, 1.165) is 50.9 Å². The maximum Gasteiger partial charge on any atom is 0.243 e. The van der Waals surface area contributed by atoms with Gasteiger partial charge in [0.1, 0.15) is 0 Å². The van der Waals surface area contributed by atoms with Crippen LogP contribution in [0.2, 0.25) is 0 Å². The van der Waals surface area contributed by atoms with E-state index in [2.05, 4.69) is 40.5 Å². The summed E-state index contributed by atoms with van der Waals surface area (Å²) in [6.45, 7) is 3.13. The Balaban J connectivity index is 1.29. The van der Waals surface area contributed by atoms with Crippen LogP contribution in [0.5, 0.6) is 0 Å². The molecule has 0 atom stereocenters. The fourth-order valence-corrected chi connectivity index (χ4v) is 6.10. The first kappa shape index (κ1) is 21.3. The minimum atomic E-state index is -3.37. The van der Waals surface area contributed by atoms with Gasteiger partial charge in [0.2, 0.25) is 10.0 Å². The van der Waals surface area contributed by atoms with Gasteiger partial charge in [-0.1, -0.05) is 30.3 Å². The molecule has 7 heteroatoms. The molecule has 0 amide bonds. The van der Waals surface area contributed by atoms with Crippen LogP contribution >= 0.6 is 12.2 Å². The summed E-state index contributed by atoms with van der Waals surface area (Å²) in [6, 6.07) is 17.6. The second-order valence-electron chi connectivity index (χ2n) is 8.19. The zero-order valence-corrected chi connectivity index (χ0v) is 18.8. The molecular formula is C23H29N3O2S2. The number of benzene rings is 2. The average Bonchev–Trinajstić information content (AvgIpc) is 3.31.